The van der Waals surface area contributed by atoms with E-state index < -0.39 is 20.0 Å². The van der Waals surface area contributed by atoms with Gasteiger partial charge in [-0.25, -0.2) is 21.5 Å². The van der Waals surface area contributed by atoms with E-state index in [2.05, 4.69) is 20.2 Å². The highest BCUT2D eigenvalue weighted by molar-refractivity contribution is 7.92. The van der Waals surface area contributed by atoms with Crippen molar-refractivity contribution in [2.45, 2.75) is 41.5 Å². The lowest BCUT2D eigenvalue weighted by atomic mass is 10.2. The SMILES string of the molecule is O=S(=O)(Nc1ccc(-c2nnnn2C2CC2)cc1)c1ccc(S(=O)(=O)N2CCCC2)cc1. The third kappa shape index (κ3) is 4.00. The van der Waals surface area contributed by atoms with E-state index in [1.54, 1.807) is 28.9 Å². The van der Waals surface area contributed by atoms with Crippen LogP contribution in [0.3, 0.4) is 0 Å². The molecule has 10 nitrogen and oxygen atoms in total. The van der Waals surface area contributed by atoms with Gasteiger partial charge in [0.1, 0.15) is 0 Å². The predicted octanol–water partition coefficient (Wildman–Crippen LogP) is 2.26. The zero-order valence-corrected chi connectivity index (χ0v) is 18.8. The molecule has 168 valence electrons. The van der Waals surface area contributed by atoms with E-state index in [0.717, 1.165) is 31.2 Å². The van der Waals surface area contributed by atoms with Crippen LogP contribution in [0.5, 0.6) is 0 Å². The Bertz CT molecular complexity index is 1330. The molecule has 2 aliphatic rings. The van der Waals surface area contributed by atoms with Crippen LogP contribution in [-0.2, 0) is 20.0 Å². The first kappa shape index (κ1) is 21.0. The average molecular weight is 475 g/mol. The molecule has 1 N–H and O–H groups in total. The summed E-state index contributed by atoms with van der Waals surface area (Å²) >= 11 is 0. The molecule has 1 aliphatic carbocycles. The van der Waals surface area contributed by atoms with Crippen LogP contribution in [0, 0.1) is 0 Å². The molecule has 2 heterocycles. The van der Waals surface area contributed by atoms with Crippen LogP contribution in [-0.4, -0.2) is 54.4 Å². The molecular weight excluding hydrogens is 452 g/mol. The second-order valence-electron chi connectivity index (χ2n) is 7.94. The van der Waals surface area contributed by atoms with Crippen molar-refractivity contribution < 1.29 is 16.8 Å². The number of benzene rings is 2. The highest BCUT2D eigenvalue weighted by atomic mass is 32.2. The van der Waals surface area contributed by atoms with Crippen LogP contribution < -0.4 is 4.72 Å². The summed E-state index contributed by atoms with van der Waals surface area (Å²) in [5.41, 5.74) is 1.18. The van der Waals surface area contributed by atoms with E-state index in [4.69, 9.17) is 0 Å². The molecule has 1 saturated heterocycles. The molecule has 1 aliphatic heterocycles. The summed E-state index contributed by atoms with van der Waals surface area (Å²) in [5.74, 6) is 0.650. The van der Waals surface area contributed by atoms with Crippen LogP contribution in [0.4, 0.5) is 5.69 Å². The normalized spacial score (nSPS) is 17.5. The minimum Gasteiger partial charge on any atom is -0.280 e. The van der Waals surface area contributed by atoms with Gasteiger partial charge in [0.15, 0.2) is 5.82 Å². The molecule has 12 heteroatoms. The van der Waals surface area contributed by atoms with Crippen molar-refractivity contribution in [1.82, 2.24) is 24.5 Å². The Hall–Kier alpha value is -2.83. The fraction of sp³-hybridized carbons (Fsp3) is 0.350. The quantitative estimate of drug-likeness (QED) is 0.556. The molecule has 1 saturated carbocycles. The van der Waals surface area contributed by atoms with Gasteiger partial charge < -0.3 is 0 Å². The third-order valence-electron chi connectivity index (χ3n) is 5.62. The first-order valence-electron chi connectivity index (χ1n) is 10.4. The van der Waals surface area contributed by atoms with Gasteiger partial charge in [-0.05, 0) is 84.6 Å². The Morgan fingerprint density at radius 1 is 0.844 bits per heavy atom. The fourth-order valence-electron chi connectivity index (χ4n) is 3.72. The van der Waals surface area contributed by atoms with Crippen LogP contribution >= 0.6 is 0 Å². The third-order valence-corrected chi connectivity index (χ3v) is 8.93. The van der Waals surface area contributed by atoms with E-state index in [1.807, 2.05) is 0 Å². The molecule has 0 spiro atoms. The van der Waals surface area contributed by atoms with E-state index in [-0.39, 0.29) is 9.79 Å². The molecule has 1 aromatic heterocycles. The molecule has 32 heavy (non-hydrogen) atoms. The van der Waals surface area contributed by atoms with Gasteiger partial charge in [-0.3, -0.25) is 4.72 Å². The molecule has 5 rings (SSSR count). The Morgan fingerprint density at radius 2 is 1.47 bits per heavy atom. The fourth-order valence-corrected chi connectivity index (χ4v) is 6.29. The van der Waals surface area contributed by atoms with Gasteiger partial charge in [0.2, 0.25) is 10.0 Å². The van der Waals surface area contributed by atoms with E-state index >= 15 is 0 Å². The second kappa shape index (κ2) is 7.94. The van der Waals surface area contributed by atoms with Crippen molar-refractivity contribution in [2.75, 3.05) is 17.8 Å². The van der Waals surface area contributed by atoms with Crippen LogP contribution in [0.1, 0.15) is 31.7 Å². The topological polar surface area (TPSA) is 127 Å². The number of hydrogen-bond acceptors (Lipinski definition) is 7. The zero-order valence-electron chi connectivity index (χ0n) is 17.1. The second-order valence-corrected chi connectivity index (χ2v) is 11.6. The van der Waals surface area contributed by atoms with Gasteiger partial charge in [0.25, 0.3) is 10.0 Å². The summed E-state index contributed by atoms with van der Waals surface area (Å²) in [6.07, 6.45) is 3.77. The Morgan fingerprint density at radius 3 is 2.09 bits per heavy atom. The van der Waals surface area contributed by atoms with Crippen molar-refractivity contribution in [2.24, 2.45) is 0 Å². The number of sulfonamides is 2. The number of nitrogens with one attached hydrogen (secondary N) is 1. The summed E-state index contributed by atoms with van der Waals surface area (Å²) in [4.78, 5) is 0.0794. The van der Waals surface area contributed by atoms with Crippen LogP contribution in [0.25, 0.3) is 11.4 Å². The van der Waals surface area contributed by atoms with Crippen molar-refractivity contribution in [3.05, 3.63) is 48.5 Å². The minimum atomic E-state index is -3.88. The van der Waals surface area contributed by atoms with Crippen molar-refractivity contribution >= 4 is 25.7 Å². The maximum Gasteiger partial charge on any atom is 0.261 e. The number of nitrogens with zero attached hydrogens (tertiary/aromatic N) is 5. The molecule has 0 radical (unpaired) electrons. The van der Waals surface area contributed by atoms with Crippen molar-refractivity contribution in [3.8, 4) is 11.4 Å². The van der Waals surface area contributed by atoms with Gasteiger partial charge in [-0.15, -0.1) is 5.10 Å². The Labute approximate surface area is 186 Å². The van der Waals surface area contributed by atoms with Gasteiger partial charge in [-0.2, -0.15) is 4.31 Å². The van der Waals surface area contributed by atoms with Crippen molar-refractivity contribution in [3.63, 3.8) is 0 Å². The minimum absolute atomic E-state index is 0.0142. The standard InChI is InChI=1S/C20H22N6O4S2/c27-31(28,18-9-11-19(12-10-18)32(29,30)25-13-1-2-14-25)22-16-5-3-15(4-6-16)20-21-23-24-26(20)17-7-8-17/h3-6,9-12,17,22H,1-2,7-8,13-14H2. The van der Waals surface area contributed by atoms with Gasteiger partial charge in [0.05, 0.1) is 15.8 Å². The van der Waals surface area contributed by atoms with Crippen LogP contribution in [0.2, 0.25) is 0 Å². The molecule has 3 aromatic rings. The highest BCUT2D eigenvalue weighted by Gasteiger charge is 2.29. The number of aromatic nitrogens is 4. The average Bonchev–Trinajstić information content (AvgIpc) is 3.26. The summed E-state index contributed by atoms with van der Waals surface area (Å²) < 4.78 is 56.6. The Balaban J connectivity index is 1.32. The molecular formula is C20H22N6O4S2. The lowest BCUT2D eigenvalue weighted by molar-refractivity contribution is 0.477. The summed E-state index contributed by atoms with van der Waals surface area (Å²) in [7, 11) is -7.47. The highest BCUT2D eigenvalue weighted by Crippen LogP contribution is 2.36. The molecule has 0 amide bonds. The smallest absolute Gasteiger partial charge is 0.261 e. The first-order valence-corrected chi connectivity index (χ1v) is 13.3. The molecule has 0 atom stereocenters. The van der Waals surface area contributed by atoms with Gasteiger partial charge in [0, 0.05) is 24.3 Å². The summed E-state index contributed by atoms with van der Waals surface area (Å²) in [6, 6.07) is 12.4. The van der Waals surface area contributed by atoms with E-state index in [9.17, 15) is 16.8 Å². The maximum absolute atomic E-state index is 12.8. The van der Waals surface area contributed by atoms with Crippen LogP contribution in [0.15, 0.2) is 58.3 Å². The monoisotopic (exact) mass is 474 g/mol. The molecule has 0 bridgehead atoms. The van der Waals surface area contributed by atoms with Crippen molar-refractivity contribution in [1.29, 1.82) is 0 Å². The molecule has 2 aromatic carbocycles. The molecule has 2 fully saturated rings. The lowest BCUT2D eigenvalue weighted by Gasteiger charge is -2.15. The number of anilines is 1. The predicted molar refractivity (Wildman–Crippen MR) is 117 cm³/mol. The lowest BCUT2D eigenvalue weighted by Crippen LogP contribution is -2.27. The zero-order chi connectivity index (χ0) is 22.3. The van der Waals surface area contributed by atoms with E-state index in [0.29, 0.717) is 30.6 Å². The summed E-state index contributed by atoms with van der Waals surface area (Å²) in [5, 5.41) is 11.8. The van der Waals surface area contributed by atoms with Gasteiger partial charge >= 0.3 is 0 Å². The first-order chi connectivity index (χ1) is 15.3. The molecule has 0 unspecified atom stereocenters. The maximum atomic E-state index is 12.8. The Kier molecular flexibility index (Phi) is 5.22. The largest absolute Gasteiger partial charge is 0.280 e. The van der Waals surface area contributed by atoms with E-state index in [1.165, 1.54) is 28.6 Å². The number of hydrogen-bond donors (Lipinski definition) is 1. The van der Waals surface area contributed by atoms with Gasteiger partial charge in [-0.1, -0.05) is 0 Å². The number of tetrazole rings is 1. The number of rotatable bonds is 7. The summed E-state index contributed by atoms with van der Waals surface area (Å²) in [6.45, 7) is 0.986.